The SMILES string of the molecule is CCOCCNC(=O)c1ccc(N)cc1OC. The maximum atomic E-state index is 11.8. The predicted octanol–water partition coefficient (Wildman–Crippen LogP) is 1.04. The van der Waals surface area contributed by atoms with Crippen molar-refractivity contribution in [1.29, 1.82) is 0 Å². The molecule has 0 aliphatic carbocycles. The zero-order valence-corrected chi connectivity index (χ0v) is 10.2. The third kappa shape index (κ3) is 3.96. The fourth-order valence-corrected chi connectivity index (χ4v) is 1.37. The Bertz CT molecular complexity index is 380. The van der Waals surface area contributed by atoms with Crippen molar-refractivity contribution >= 4 is 11.6 Å². The van der Waals surface area contributed by atoms with Crippen LogP contribution in [-0.4, -0.2) is 32.8 Å². The van der Waals surface area contributed by atoms with Crippen molar-refractivity contribution in [2.24, 2.45) is 0 Å². The molecule has 3 N–H and O–H groups in total. The maximum Gasteiger partial charge on any atom is 0.255 e. The van der Waals surface area contributed by atoms with Gasteiger partial charge in [-0.2, -0.15) is 0 Å². The maximum absolute atomic E-state index is 11.8. The number of benzene rings is 1. The summed E-state index contributed by atoms with van der Waals surface area (Å²) < 4.78 is 10.2. The average molecular weight is 238 g/mol. The van der Waals surface area contributed by atoms with Crippen LogP contribution in [0, 0.1) is 0 Å². The topological polar surface area (TPSA) is 73.6 Å². The number of methoxy groups -OCH3 is 1. The number of carbonyl (C=O) groups is 1. The van der Waals surface area contributed by atoms with Gasteiger partial charge < -0.3 is 20.5 Å². The molecule has 5 nitrogen and oxygen atoms in total. The van der Waals surface area contributed by atoms with E-state index < -0.39 is 0 Å². The Morgan fingerprint density at radius 3 is 2.88 bits per heavy atom. The highest BCUT2D eigenvalue weighted by molar-refractivity contribution is 5.97. The van der Waals surface area contributed by atoms with Gasteiger partial charge in [-0.05, 0) is 19.1 Å². The van der Waals surface area contributed by atoms with Crippen LogP contribution in [0.5, 0.6) is 5.75 Å². The van der Waals surface area contributed by atoms with E-state index in [-0.39, 0.29) is 5.91 Å². The first-order valence-electron chi connectivity index (χ1n) is 5.48. The van der Waals surface area contributed by atoms with Crippen LogP contribution >= 0.6 is 0 Å². The van der Waals surface area contributed by atoms with Crippen molar-refractivity contribution in [2.45, 2.75) is 6.92 Å². The number of nitrogens with two attached hydrogens (primary N) is 1. The molecule has 0 fully saturated rings. The van der Waals surface area contributed by atoms with E-state index in [1.807, 2.05) is 6.92 Å². The number of anilines is 1. The number of hydrogen-bond acceptors (Lipinski definition) is 4. The molecule has 1 amide bonds. The Kier molecular flexibility index (Phi) is 5.29. The van der Waals surface area contributed by atoms with E-state index in [2.05, 4.69) is 5.32 Å². The Morgan fingerprint density at radius 1 is 1.47 bits per heavy atom. The van der Waals surface area contributed by atoms with Gasteiger partial charge in [0.2, 0.25) is 0 Å². The summed E-state index contributed by atoms with van der Waals surface area (Å²) in [6.07, 6.45) is 0. The van der Waals surface area contributed by atoms with Gasteiger partial charge in [0.25, 0.3) is 5.91 Å². The lowest BCUT2D eigenvalue weighted by Crippen LogP contribution is -2.27. The van der Waals surface area contributed by atoms with Crippen LogP contribution in [0.15, 0.2) is 18.2 Å². The van der Waals surface area contributed by atoms with Gasteiger partial charge in [-0.1, -0.05) is 0 Å². The van der Waals surface area contributed by atoms with Crippen LogP contribution in [0.2, 0.25) is 0 Å². The van der Waals surface area contributed by atoms with Gasteiger partial charge in [0, 0.05) is 24.9 Å². The summed E-state index contributed by atoms with van der Waals surface area (Å²) in [5.41, 5.74) is 6.64. The summed E-state index contributed by atoms with van der Waals surface area (Å²) in [6.45, 7) is 3.52. The zero-order valence-electron chi connectivity index (χ0n) is 10.2. The fraction of sp³-hybridized carbons (Fsp3) is 0.417. The molecular formula is C12H18N2O3. The number of amides is 1. The first-order valence-corrected chi connectivity index (χ1v) is 5.48. The number of nitrogen functional groups attached to an aromatic ring is 1. The van der Waals surface area contributed by atoms with E-state index >= 15 is 0 Å². The van der Waals surface area contributed by atoms with Crippen molar-refractivity contribution in [1.82, 2.24) is 5.32 Å². The van der Waals surface area contributed by atoms with Crippen LogP contribution in [0.3, 0.4) is 0 Å². The lowest BCUT2D eigenvalue weighted by atomic mass is 10.1. The van der Waals surface area contributed by atoms with Crippen LogP contribution < -0.4 is 15.8 Å². The molecule has 0 unspecified atom stereocenters. The van der Waals surface area contributed by atoms with Crippen LogP contribution in [-0.2, 0) is 4.74 Å². The molecule has 0 aliphatic heterocycles. The van der Waals surface area contributed by atoms with Crippen molar-refractivity contribution in [3.63, 3.8) is 0 Å². The van der Waals surface area contributed by atoms with Crippen LogP contribution in [0.4, 0.5) is 5.69 Å². The molecule has 5 heteroatoms. The monoisotopic (exact) mass is 238 g/mol. The summed E-state index contributed by atoms with van der Waals surface area (Å²) in [7, 11) is 1.51. The minimum absolute atomic E-state index is 0.193. The molecule has 0 saturated heterocycles. The quantitative estimate of drug-likeness (QED) is 0.573. The smallest absolute Gasteiger partial charge is 0.255 e. The third-order valence-corrected chi connectivity index (χ3v) is 2.21. The van der Waals surface area contributed by atoms with Crippen molar-refractivity contribution in [2.75, 3.05) is 32.6 Å². The molecule has 0 atom stereocenters. The molecule has 0 aromatic heterocycles. The van der Waals surface area contributed by atoms with Gasteiger partial charge in [-0.15, -0.1) is 0 Å². The highest BCUT2D eigenvalue weighted by Gasteiger charge is 2.11. The first-order chi connectivity index (χ1) is 8.19. The molecule has 0 aliphatic rings. The number of nitrogens with one attached hydrogen (secondary N) is 1. The number of hydrogen-bond donors (Lipinski definition) is 2. The molecule has 1 aromatic rings. The summed E-state index contributed by atoms with van der Waals surface area (Å²) >= 11 is 0. The van der Waals surface area contributed by atoms with Crippen molar-refractivity contribution in [3.05, 3.63) is 23.8 Å². The minimum Gasteiger partial charge on any atom is -0.496 e. The van der Waals surface area contributed by atoms with Gasteiger partial charge in [-0.3, -0.25) is 4.79 Å². The van der Waals surface area contributed by atoms with E-state index in [9.17, 15) is 4.79 Å². The van der Waals surface area contributed by atoms with Gasteiger partial charge in [0.15, 0.2) is 0 Å². The van der Waals surface area contributed by atoms with Crippen LogP contribution in [0.25, 0.3) is 0 Å². The molecule has 0 radical (unpaired) electrons. The number of rotatable bonds is 6. The molecule has 1 aromatic carbocycles. The molecular weight excluding hydrogens is 220 g/mol. The normalized spacial score (nSPS) is 10.0. The third-order valence-electron chi connectivity index (χ3n) is 2.21. The highest BCUT2D eigenvalue weighted by Crippen LogP contribution is 2.21. The van der Waals surface area contributed by atoms with Crippen molar-refractivity contribution < 1.29 is 14.3 Å². The Hall–Kier alpha value is -1.75. The van der Waals surface area contributed by atoms with E-state index in [1.165, 1.54) is 7.11 Å². The summed E-state index contributed by atoms with van der Waals surface area (Å²) in [5, 5.41) is 2.74. The molecule has 94 valence electrons. The number of carbonyl (C=O) groups excluding carboxylic acids is 1. The summed E-state index contributed by atoms with van der Waals surface area (Å²) in [4.78, 5) is 11.8. The Labute approximate surface area is 101 Å². The van der Waals surface area contributed by atoms with Gasteiger partial charge >= 0.3 is 0 Å². The van der Waals surface area contributed by atoms with Gasteiger partial charge in [0.1, 0.15) is 5.75 Å². The van der Waals surface area contributed by atoms with Gasteiger partial charge in [0.05, 0.1) is 19.3 Å². The second kappa shape index (κ2) is 6.75. The van der Waals surface area contributed by atoms with E-state index in [4.69, 9.17) is 15.2 Å². The summed E-state index contributed by atoms with van der Waals surface area (Å²) in [6, 6.07) is 4.93. The van der Waals surface area contributed by atoms with Gasteiger partial charge in [-0.25, -0.2) is 0 Å². The fourth-order valence-electron chi connectivity index (χ4n) is 1.37. The molecule has 0 saturated carbocycles. The van der Waals surface area contributed by atoms with E-state index in [1.54, 1.807) is 18.2 Å². The van der Waals surface area contributed by atoms with E-state index in [0.717, 1.165) is 0 Å². The average Bonchev–Trinajstić information content (AvgIpc) is 2.34. The minimum atomic E-state index is -0.193. The molecule has 1 rings (SSSR count). The zero-order chi connectivity index (χ0) is 12.7. The summed E-state index contributed by atoms with van der Waals surface area (Å²) in [5.74, 6) is 0.278. The molecule has 0 bridgehead atoms. The lowest BCUT2D eigenvalue weighted by molar-refractivity contribution is 0.0919. The lowest BCUT2D eigenvalue weighted by Gasteiger charge is -2.09. The van der Waals surface area contributed by atoms with Crippen molar-refractivity contribution in [3.8, 4) is 5.75 Å². The number of ether oxygens (including phenoxy) is 2. The standard InChI is InChI=1S/C12H18N2O3/c1-3-17-7-6-14-12(15)10-5-4-9(13)8-11(10)16-2/h4-5,8H,3,6-7,13H2,1-2H3,(H,14,15). The van der Waals surface area contributed by atoms with Crippen LogP contribution in [0.1, 0.15) is 17.3 Å². The largest absolute Gasteiger partial charge is 0.496 e. The Balaban J connectivity index is 2.62. The van der Waals surface area contributed by atoms with E-state index in [0.29, 0.717) is 36.8 Å². The molecule has 17 heavy (non-hydrogen) atoms. The molecule has 0 heterocycles. The highest BCUT2D eigenvalue weighted by atomic mass is 16.5. The second-order valence-corrected chi connectivity index (χ2v) is 3.41. The Morgan fingerprint density at radius 2 is 2.24 bits per heavy atom. The molecule has 0 spiro atoms. The predicted molar refractivity (Wildman–Crippen MR) is 66.2 cm³/mol. The first kappa shape index (κ1) is 13.3. The second-order valence-electron chi connectivity index (χ2n) is 3.41.